The summed E-state index contributed by atoms with van der Waals surface area (Å²) in [6.07, 6.45) is 0. The Kier molecular flexibility index (Phi) is 4.30. The van der Waals surface area contributed by atoms with Gasteiger partial charge in [0.05, 0.1) is 10.6 Å². The van der Waals surface area contributed by atoms with Gasteiger partial charge in [0.2, 0.25) is 0 Å². The number of hydrogen-bond acceptors (Lipinski definition) is 2. The Balaban J connectivity index is 2.31. The number of anilines is 2. The van der Waals surface area contributed by atoms with Crippen LogP contribution in [0.15, 0.2) is 42.5 Å². The molecule has 0 bridgehead atoms. The lowest BCUT2D eigenvalue weighted by molar-refractivity contribution is 0.102. The maximum Gasteiger partial charge on any atom is 0.257 e. The molecule has 3 nitrogen and oxygen atoms in total. The van der Waals surface area contributed by atoms with Crippen molar-refractivity contribution in [2.24, 2.45) is 0 Å². The Morgan fingerprint density at radius 2 is 1.90 bits per heavy atom. The van der Waals surface area contributed by atoms with Crippen molar-refractivity contribution in [1.82, 2.24) is 0 Å². The van der Waals surface area contributed by atoms with Crippen LogP contribution in [0.1, 0.15) is 35.7 Å². The predicted octanol–water partition coefficient (Wildman–Crippen LogP) is 4.30. The van der Waals surface area contributed by atoms with Gasteiger partial charge in [-0.25, -0.2) is 0 Å². The van der Waals surface area contributed by atoms with Crippen molar-refractivity contribution in [1.29, 1.82) is 0 Å². The Hall–Kier alpha value is -2.00. The number of nitrogens with two attached hydrogens (primary N) is 1. The molecule has 0 aliphatic rings. The molecule has 0 radical (unpaired) electrons. The molecule has 0 unspecified atom stereocenters. The molecule has 2 aromatic rings. The van der Waals surface area contributed by atoms with E-state index in [1.807, 2.05) is 24.3 Å². The number of benzene rings is 2. The van der Waals surface area contributed by atoms with Gasteiger partial charge < -0.3 is 11.1 Å². The summed E-state index contributed by atoms with van der Waals surface area (Å²) in [6, 6.07) is 12.6. The van der Waals surface area contributed by atoms with E-state index in [1.54, 1.807) is 18.2 Å². The highest BCUT2D eigenvalue weighted by Crippen LogP contribution is 2.25. The molecule has 3 N–H and O–H groups in total. The molecule has 4 heteroatoms. The Labute approximate surface area is 123 Å². The molecule has 0 saturated heterocycles. The number of carbonyl (C=O) groups is 1. The first-order valence-electron chi connectivity index (χ1n) is 6.44. The summed E-state index contributed by atoms with van der Waals surface area (Å²) in [5, 5.41) is 3.28. The molecule has 0 saturated carbocycles. The first-order chi connectivity index (χ1) is 9.49. The van der Waals surface area contributed by atoms with E-state index in [2.05, 4.69) is 19.2 Å². The average molecular weight is 289 g/mol. The van der Waals surface area contributed by atoms with E-state index in [9.17, 15) is 4.79 Å². The highest BCUT2D eigenvalue weighted by Gasteiger charge is 2.13. The summed E-state index contributed by atoms with van der Waals surface area (Å²) < 4.78 is 0. The standard InChI is InChI=1S/C16H17ClN2O/c1-10(2)12-5-3-4-6-15(12)19-16(20)13-9-11(18)7-8-14(13)17/h3-10H,18H2,1-2H3,(H,19,20). The third-order valence-electron chi connectivity index (χ3n) is 3.07. The summed E-state index contributed by atoms with van der Waals surface area (Å²) >= 11 is 6.04. The Morgan fingerprint density at radius 3 is 2.60 bits per heavy atom. The van der Waals surface area contributed by atoms with Crippen molar-refractivity contribution in [3.63, 3.8) is 0 Å². The highest BCUT2D eigenvalue weighted by atomic mass is 35.5. The number of rotatable bonds is 3. The topological polar surface area (TPSA) is 55.1 Å². The first-order valence-corrected chi connectivity index (χ1v) is 6.82. The lowest BCUT2D eigenvalue weighted by Crippen LogP contribution is -2.14. The monoisotopic (exact) mass is 288 g/mol. The summed E-state index contributed by atoms with van der Waals surface area (Å²) in [6.45, 7) is 4.16. The van der Waals surface area contributed by atoms with Crippen LogP contribution >= 0.6 is 11.6 Å². The highest BCUT2D eigenvalue weighted by molar-refractivity contribution is 6.34. The summed E-state index contributed by atoms with van der Waals surface area (Å²) in [5.41, 5.74) is 8.47. The van der Waals surface area contributed by atoms with Crippen molar-refractivity contribution >= 4 is 28.9 Å². The van der Waals surface area contributed by atoms with Crippen molar-refractivity contribution in [2.45, 2.75) is 19.8 Å². The van der Waals surface area contributed by atoms with Gasteiger partial charge in [0, 0.05) is 11.4 Å². The van der Waals surface area contributed by atoms with Gasteiger partial charge in [0.25, 0.3) is 5.91 Å². The van der Waals surface area contributed by atoms with Crippen molar-refractivity contribution in [3.8, 4) is 0 Å². The Morgan fingerprint density at radius 1 is 1.20 bits per heavy atom. The third kappa shape index (κ3) is 3.11. The molecule has 0 fully saturated rings. The third-order valence-corrected chi connectivity index (χ3v) is 3.40. The van der Waals surface area contributed by atoms with Crippen LogP contribution < -0.4 is 11.1 Å². The minimum Gasteiger partial charge on any atom is -0.399 e. The van der Waals surface area contributed by atoms with Crippen LogP contribution in [0.5, 0.6) is 0 Å². The molecule has 0 aliphatic carbocycles. The maximum absolute atomic E-state index is 12.3. The summed E-state index contributed by atoms with van der Waals surface area (Å²) in [7, 11) is 0. The second-order valence-electron chi connectivity index (χ2n) is 4.94. The molecular formula is C16H17ClN2O. The van der Waals surface area contributed by atoms with Gasteiger partial charge in [0.15, 0.2) is 0 Å². The molecule has 0 heterocycles. The minimum absolute atomic E-state index is 0.254. The van der Waals surface area contributed by atoms with Crippen LogP contribution in [0, 0.1) is 0 Å². The number of nitrogens with one attached hydrogen (secondary N) is 1. The quantitative estimate of drug-likeness (QED) is 0.828. The summed E-state index contributed by atoms with van der Waals surface area (Å²) in [4.78, 5) is 12.3. The van der Waals surface area contributed by atoms with Gasteiger partial charge in [-0.15, -0.1) is 0 Å². The molecule has 104 valence electrons. The SMILES string of the molecule is CC(C)c1ccccc1NC(=O)c1cc(N)ccc1Cl. The fourth-order valence-corrected chi connectivity index (χ4v) is 2.22. The average Bonchev–Trinajstić information content (AvgIpc) is 2.41. The lowest BCUT2D eigenvalue weighted by Gasteiger charge is -2.14. The van der Waals surface area contributed by atoms with Crippen LogP contribution in [0.25, 0.3) is 0 Å². The zero-order chi connectivity index (χ0) is 14.7. The number of hydrogen-bond donors (Lipinski definition) is 2. The van der Waals surface area contributed by atoms with E-state index in [-0.39, 0.29) is 5.91 Å². The molecule has 2 rings (SSSR count). The van der Waals surface area contributed by atoms with Crippen LogP contribution in [-0.2, 0) is 0 Å². The van der Waals surface area contributed by atoms with E-state index >= 15 is 0 Å². The molecular weight excluding hydrogens is 272 g/mol. The number of halogens is 1. The van der Waals surface area contributed by atoms with Gasteiger partial charge in [-0.05, 0) is 35.7 Å². The minimum atomic E-state index is -0.254. The number of amides is 1. The largest absolute Gasteiger partial charge is 0.399 e. The van der Waals surface area contributed by atoms with Crippen LogP contribution in [0.2, 0.25) is 5.02 Å². The van der Waals surface area contributed by atoms with E-state index < -0.39 is 0 Å². The van der Waals surface area contributed by atoms with Crippen LogP contribution in [0.3, 0.4) is 0 Å². The summed E-state index contributed by atoms with van der Waals surface area (Å²) in [5.74, 6) is 0.0678. The Bertz CT molecular complexity index is 638. The van der Waals surface area contributed by atoms with Crippen molar-refractivity contribution < 1.29 is 4.79 Å². The zero-order valence-electron chi connectivity index (χ0n) is 11.5. The lowest BCUT2D eigenvalue weighted by atomic mass is 10.0. The molecule has 0 atom stereocenters. The van der Waals surface area contributed by atoms with E-state index in [4.69, 9.17) is 17.3 Å². The predicted molar refractivity (Wildman–Crippen MR) is 84.3 cm³/mol. The molecule has 0 aromatic heterocycles. The van der Waals surface area contributed by atoms with Gasteiger partial charge in [-0.1, -0.05) is 43.6 Å². The fraction of sp³-hybridized carbons (Fsp3) is 0.188. The molecule has 0 spiro atoms. The molecule has 2 aromatic carbocycles. The van der Waals surface area contributed by atoms with E-state index in [1.165, 1.54) is 0 Å². The zero-order valence-corrected chi connectivity index (χ0v) is 12.2. The smallest absolute Gasteiger partial charge is 0.257 e. The first kappa shape index (κ1) is 14.4. The number of para-hydroxylation sites is 1. The van der Waals surface area contributed by atoms with Crippen molar-refractivity contribution in [2.75, 3.05) is 11.1 Å². The van der Waals surface area contributed by atoms with Gasteiger partial charge in [0.1, 0.15) is 0 Å². The fourth-order valence-electron chi connectivity index (χ4n) is 2.02. The normalized spacial score (nSPS) is 10.6. The van der Waals surface area contributed by atoms with Crippen molar-refractivity contribution in [3.05, 3.63) is 58.6 Å². The number of carbonyl (C=O) groups excluding carboxylic acids is 1. The van der Waals surface area contributed by atoms with Crippen LogP contribution in [0.4, 0.5) is 11.4 Å². The second kappa shape index (κ2) is 5.97. The van der Waals surface area contributed by atoms with Gasteiger partial charge in [-0.3, -0.25) is 4.79 Å². The van der Waals surface area contributed by atoms with E-state index in [0.717, 1.165) is 11.3 Å². The molecule has 20 heavy (non-hydrogen) atoms. The van der Waals surface area contributed by atoms with Gasteiger partial charge in [-0.2, -0.15) is 0 Å². The molecule has 0 aliphatic heterocycles. The maximum atomic E-state index is 12.3. The number of nitrogen functional groups attached to an aromatic ring is 1. The van der Waals surface area contributed by atoms with Crippen LogP contribution in [-0.4, -0.2) is 5.91 Å². The van der Waals surface area contributed by atoms with Gasteiger partial charge >= 0.3 is 0 Å². The molecule has 1 amide bonds. The van der Waals surface area contributed by atoms with E-state index in [0.29, 0.717) is 22.2 Å². The second-order valence-corrected chi connectivity index (χ2v) is 5.34.